The standard InChI is InChI=1S/C13H11Cl2NO2/c1-7(17)16(2)9-3-4-10-8(5-9)6-11(14)13(18)12(10)15/h3-6,18H,1-2H3. The van der Waals surface area contributed by atoms with Gasteiger partial charge < -0.3 is 10.0 Å². The van der Waals surface area contributed by atoms with Crippen molar-refractivity contribution in [3.63, 3.8) is 0 Å². The van der Waals surface area contributed by atoms with E-state index < -0.39 is 0 Å². The average Bonchev–Trinajstić information content (AvgIpc) is 2.34. The lowest BCUT2D eigenvalue weighted by atomic mass is 10.1. The Balaban J connectivity index is 2.66. The predicted octanol–water partition coefficient (Wildman–Crippen LogP) is 3.83. The quantitative estimate of drug-likeness (QED) is 0.864. The number of aromatic hydroxyl groups is 1. The Kier molecular flexibility index (Phi) is 3.37. The molecule has 0 aliphatic heterocycles. The Hall–Kier alpha value is -1.45. The van der Waals surface area contributed by atoms with E-state index in [-0.39, 0.29) is 21.7 Å². The molecule has 0 saturated heterocycles. The Labute approximate surface area is 115 Å². The van der Waals surface area contributed by atoms with Gasteiger partial charge in [0.2, 0.25) is 5.91 Å². The fourth-order valence-electron chi connectivity index (χ4n) is 1.70. The number of phenols is 1. The minimum atomic E-state index is -0.126. The lowest BCUT2D eigenvalue weighted by Gasteiger charge is -2.16. The van der Waals surface area contributed by atoms with Crippen LogP contribution in [0.3, 0.4) is 0 Å². The summed E-state index contributed by atoms with van der Waals surface area (Å²) < 4.78 is 0. The summed E-state index contributed by atoms with van der Waals surface area (Å²) in [5, 5.41) is 11.5. The lowest BCUT2D eigenvalue weighted by molar-refractivity contribution is -0.116. The number of hydrogen-bond donors (Lipinski definition) is 1. The van der Waals surface area contributed by atoms with Gasteiger partial charge in [-0.2, -0.15) is 0 Å². The van der Waals surface area contributed by atoms with Crippen LogP contribution in [0.25, 0.3) is 10.8 Å². The van der Waals surface area contributed by atoms with Crippen LogP contribution in [0.5, 0.6) is 5.75 Å². The number of rotatable bonds is 1. The Morgan fingerprint density at radius 2 is 1.94 bits per heavy atom. The van der Waals surface area contributed by atoms with Gasteiger partial charge in [-0.3, -0.25) is 4.79 Å². The van der Waals surface area contributed by atoms with Crippen molar-refractivity contribution in [2.24, 2.45) is 0 Å². The first-order valence-electron chi connectivity index (χ1n) is 5.27. The molecule has 2 rings (SSSR count). The molecule has 2 aromatic carbocycles. The van der Waals surface area contributed by atoms with Gasteiger partial charge in [-0.1, -0.05) is 29.3 Å². The third kappa shape index (κ3) is 2.11. The second-order valence-electron chi connectivity index (χ2n) is 4.00. The van der Waals surface area contributed by atoms with Crippen molar-refractivity contribution in [3.8, 4) is 5.75 Å². The van der Waals surface area contributed by atoms with Crippen LogP contribution in [0.15, 0.2) is 24.3 Å². The number of phenolic OH excluding ortho intramolecular Hbond substituents is 1. The number of carbonyl (C=O) groups is 1. The summed E-state index contributed by atoms with van der Waals surface area (Å²) in [6.07, 6.45) is 0. The number of amides is 1. The highest BCUT2D eigenvalue weighted by Gasteiger charge is 2.12. The van der Waals surface area contributed by atoms with Crippen LogP contribution in [0, 0.1) is 0 Å². The first kappa shape index (κ1) is 13.0. The first-order valence-corrected chi connectivity index (χ1v) is 6.02. The number of halogens is 2. The molecule has 0 bridgehead atoms. The molecule has 0 radical (unpaired) electrons. The smallest absolute Gasteiger partial charge is 0.223 e. The van der Waals surface area contributed by atoms with Crippen molar-refractivity contribution in [1.82, 2.24) is 0 Å². The molecular formula is C13H11Cl2NO2. The molecule has 18 heavy (non-hydrogen) atoms. The normalized spacial score (nSPS) is 10.7. The van der Waals surface area contributed by atoms with Crippen LogP contribution in [0.2, 0.25) is 10.0 Å². The molecule has 1 amide bonds. The molecular weight excluding hydrogens is 273 g/mol. The molecule has 0 atom stereocenters. The molecule has 0 aliphatic carbocycles. The summed E-state index contributed by atoms with van der Waals surface area (Å²) in [5.41, 5.74) is 0.743. The van der Waals surface area contributed by atoms with Crippen molar-refractivity contribution in [3.05, 3.63) is 34.3 Å². The zero-order valence-corrected chi connectivity index (χ0v) is 11.4. The maximum Gasteiger partial charge on any atom is 0.223 e. The van der Waals surface area contributed by atoms with Gasteiger partial charge in [0, 0.05) is 25.0 Å². The largest absolute Gasteiger partial charge is 0.505 e. The van der Waals surface area contributed by atoms with Crippen molar-refractivity contribution in [1.29, 1.82) is 0 Å². The Morgan fingerprint density at radius 1 is 1.28 bits per heavy atom. The van der Waals surface area contributed by atoms with E-state index in [2.05, 4.69) is 0 Å². The minimum absolute atomic E-state index is 0.0645. The highest BCUT2D eigenvalue weighted by molar-refractivity contribution is 6.41. The summed E-state index contributed by atoms with van der Waals surface area (Å²) in [4.78, 5) is 12.8. The topological polar surface area (TPSA) is 40.5 Å². The summed E-state index contributed by atoms with van der Waals surface area (Å²) in [6.45, 7) is 1.49. The van der Waals surface area contributed by atoms with E-state index in [4.69, 9.17) is 23.2 Å². The van der Waals surface area contributed by atoms with E-state index in [1.54, 1.807) is 31.3 Å². The van der Waals surface area contributed by atoms with Crippen molar-refractivity contribution in [2.75, 3.05) is 11.9 Å². The molecule has 0 heterocycles. The molecule has 94 valence electrons. The van der Waals surface area contributed by atoms with Crippen LogP contribution in [-0.2, 0) is 4.79 Å². The van der Waals surface area contributed by atoms with Crippen LogP contribution in [0.1, 0.15) is 6.92 Å². The summed E-state index contributed by atoms with van der Waals surface area (Å²) in [7, 11) is 1.69. The maximum atomic E-state index is 11.3. The number of benzene rings is 2. The predicted molar refractivity (Wildman–Crippen MR) is 74.7 cm³/mol. The third-order valence-electron chi connectivity index (χ3n) is 2.85. The molecule has 0 saturated carbocycles. The zero-order valence-electron chi connectivity index (χ0n) is 9.87. The van der Waals surface area contributed by atoms with E-state index in [0.29, 0.717) is 5.39 Å². The van der Waals surface area contributed by atoms with Crippen LogP contribution < -0.4 is 4.90 Å². The van der Waals surface area contributed by atoms with Crippen LogP contribution in [-0.4, -0.2) is 18.1 Å². The Morgan fingerprint density at radius 3 is 2.56 bits per heavy atom. The molecule has 0 fully saturated rings. The van der Waals surface area contributed by atoms with E-state index in [9.17, 15) is 9.90 Å². The van der Waals surface area contributed by atoms with Gasteiger partial charge in [-0.25, -0.2) is 0 Å². The van der Waals surface area contributed by atoms with Crippen LogP contribution >= 0.6 is 23.2 Å². The van der Waals surface area contributed by atoms with Gasteiger partial charge in [0.05, 0.1) is 10.0 Å². The van der Waals surface area contributed by atoms with Crippen molar-refractivity contribution >= 4 is 45.6 Å². The highest BCUT2D eigenvalue weighted by atomic mass is 35.5. The monoisotopic (exact) mass is 283 g/mol. The number of carbonyl (C=O) groups excluding carboxylic acids is 1. The SMILES string of the molecule is CC(=O)N(C)c1ccc2c(Cl)c(O)c(Cl)cc2c1. The number of nitrogens with zero attached hydrogens (tertiary/aromatic N) is 1. The fourth-order valence-corrected chi connectivity index (χ4v) is 2.23. The first-order chi connectivity index (χ1) is 8.41. The number of fused-ring (bicyclic) bond motifs is 1. The minimum Gasteiger partial charge on any atom is -0.505 e. The van der Waals surface area contributed by atoms with Gasteiger partial charge in [0.25, 0.3) is 0 Å². The maximum absolute atomic E-state index is 11.3. The summed E-state index contributed by atoms with van der Waals surface area (Å²) in [5.74, 6) is -0.191. The molecule has 2 aromatic rings. The van der Waals surface area contributed by atoms with Gasteiger partial charge in [-0.05, 0) is 23.6 Å². The molecule has 0 spiro atoms. The van der Waals surface area contributed by atoms with Gasteiger partial charge >= 0.3 is 0 Å². The molecule has 0 unspecified atom stereocenters. The van der Waals surface area contributed by atoms with E-state index in [0.717, 1.165) is 11.1 Å². The van der Waals surface area contributed by atoms with Gasteiger partial charge in [-0.15, -0.1) is 0 Å². The van der Waals surface area contributed by atoms with Crippen LogP contribution in [0.4, 0.5) is 5.69 Å². The van der Waals surface area contributed by atoms with E-state index in [1.807, 2.05) is 0 Å². The van der Waals surface area contributed by atoms with Gasteiger partial charge in [0.1, 0.15) is 0 Å². The van der Waals surface area contributed by atoms with E-state index in [1.165, 1.54) is 11.8 Å². The summed E-state index contributed by atoms with van der Waals surface area (Å²) in [6, 6.07) is 6.94. The average molecular weight is 284 g/mol. The second kappa shape index (κ2) is 4.67. The Bertz CT molecular complexity index is 640. The molecule has 0 aromatic heterocycles. The van der Waals surface area contributed by atoms with E-state index >= 15 is 0 Å². The lowest BCUT2D eigenvalue weighted by Crippen LogP contribution is -2.22. The second-order valence-corrected chi connectivity index (χ2v) is 4.79. The van der Waals surface area contributed by atoms with Crippen molar-refractivity contribution in [2.45, 2.75) is 6.92 Å². The fraction of sp³-hybridized carbons (Fsp3) is 0.154. The molecule has 0 aliphatic rings. The van der Waals surface area contributed by atoms with Crippen molar-refractivity contribution < 1.29 is 9.90 Å². The number of anilines is 1. The highest BCUT2D eigenvalue weighted by Crippen LogP contribution is 2.39. The third-order valence-corrected chi connectivity index (χ3v) is 3.52. The number of hydrogen-bond acceptors (Lipinski definition) is 2. The summed E-state index contributed by atoms with van der Waals surface area (Å²) >= 11 is 11.9. The van der Waals surface area contributed by atoms with Gasteiger partial charge in [0.15, 0.2) is 5.75 Å². The zero-order chi connectivity index (χ0) is 13.4. The molecule has 1 N–H and O–H groups in total. The molecule has 3 nitrogen and oxygen atoms in total. The molecule has 5 heteroatoms.